The number of hydrogen-bond donors (Lipinski definition) is 2. The number of anilines is 3. The highest BCUT2D eigenvalue weighted by atomic mass is 35.5. The van der Waals surface area contributed by atoms with Crippen molar-refractivity contribution in [1.82, 2.24) is 14.5 Å². The maximum atomic E-state index is 13.6. The molecule has 6 nitrogen and oxygen atoms in total. The van der Waals surface area contributed by atoms with Crippen LogP contribution >= 0.6 is 11.6 Å². The Kier molecular flexibility index (Phi) is 4.06. The van der Waals surface area contributed by atoms with E-state index in [9.17, 15) is 4.39 Å². The number of para-hydroxylation sites is 1. The van der Waals surface area contributed by atoms with E-state index < -0.39 is 5.82 Å². The quantitative estimate of drug-likeness (QED) is 0.470. The Bertz CT molecular complexity index is 1270. The normalized spacial score (nSPS) is 12.8. The van der Waals surface area contributed by atoms with Gasteiger partial charge < -0.3 is 20.4 Å². The van der Waals surface area contributed by atoms with Gasteiger partial charge in [0, 0.05) is 22.8 Å². The Labute approximate surface area is 171 Å². The molecule has 0 atom stereocenters. The lowest BCUT2D eigenvalue weighted by atomic mass is 10.1. The summed E-state index contributed by atoms with van der Waals surface area (Å²) in [6.07, 6.45) is 3.59. The molecular formula is C21H17ClFN5O. The van der Waals surface area contributed by atoms with Gasteiger partial charge in [0.15, 0.2) is 0 Å². The second kappa shape index (κ2) is 6.63. The lowest BCUT2D eigenvalue weighted by Crippen LogP contribution is -2.12. The third-order valence-corrected chi connectivity index (χ3v) is 5.32. The van der Waals surface area contributed by atoms with E-state index in [0.717, 1.165) is 28.8 Å². The molecule has 0 spiro atoms. The number of nitrogens with one attached hydrogen (secondary N) is 1. The van der Waals surface area contributed by atoms with Crippen molar-refractivity contribution in [3.05, 3.63) is 59.1 Å². The van der Waals surface area contributed by atoms with Crippen molar-refractivity contribution in [3.63, 3.8) is 0 Å². The minimum absolute atomic E-state index is 0.0567. The van der Waals surface area contributed by atoms with Crippen molar-refractivity contribution in [1.29, 1.82) is 0 Å². The molecule has 2 aromatic carbocycles. The van der Waals surface area contributed by atoms with Gasteiger partial charge in [0.1, 0.15) is 18.2 Å². The molecule has 0 saturated heterocycles. The standard InChI is InChI=1S/C21H17ClFN5O/c1-11-7-15(23)16(24)8-17(11)26-21-25-9-14(22)19(27-21)13-10-28-5-6-29-18-4-2-3-12(13)20(18)28/h2-4,7-10H,5-6,24H2,1H3,(H,25,26,27). The maximum Gasteiger partial charge on any atom is 0.227 e. The fourth-order valence-corrected chi connectivity index (χ4v) is 3.81. The third kappa shape index (κ3) is 2.94. The number of aryl methyl sites for hydroxylation is 1. The first-order valence-electron chi connectivity index (χ1n) is 9.11. The molecule has 29 heavy (non-hydrogen) atoms. The number of benzene rings is 2. The summed E-state index contributed by atoms with van der Waals surface area (Å²) in [6.45, 7) is 3.16. The number of rotatable bonds is 3. The van der Waals surface area contributed by atoms with Crippen molar-refractivity contribution in [2.24, 2.45) is 0 Å². The molecule has 0 unspecified atom stereocenters. The molecule has 4 aromatic rings. The molecule has 0 fully saturated rings. The molecular weight excluding hydrogens is 393 g/mol. The topological polar surface area (TPSA) is 78.0 Å². The van der Waals surface area contributed by atoms with Crippen LogP contribution in [0.25, 0.3) is 22.2 Å². The van der Waals surface area contributed by atoms with E-state index in [1.165, 1.54) is 12.1 Å². The van der Waals surface area contributed by atoms with Crippen molar-refractivity contribution in [2.45, 2.75) is 13.5 Å². The van der Waals surface area contributed by atoms with E-state index in [1.54, 1.807) is 13.1 Å². The van der Waals surface area contributed by atoms with Crippen molar-refractivity contribution < 1.29 is 9.13 Å². The summed E-state index contributed by atoms with van der Waals surface area (Å²) in [5.41, 5.74) is 9.62. The second-order valence-corrected chi connectivity index (χ2v) is 7.35. The monoisotopic (exact) mass is 409 g/mol. The number of nitrogens with two attached hydrogens (primary N) is 1. The molecule has 3 N–H and O–H groups in total. The Hall–Kier alpha value is -3.32. The predicted molar refractivity (Wildman–Crippen MR) is 112 cm³/mol. The average Bonchev–Trinajstić information content (AvgIpc) is 3.08. The molecule has 0 saturated carbocycles. The number of nitrogen functional groups attached to an aromatic ring is 1. The molecule has 2 aromatic heterocycles. The van der Waals surface area contributed by atoms with Crippen LogP contribution in [0, 0.1) is 12.7 Å². The molecule has 8 heteroatoms. The van der Waals surface area contributed by atoms with E-state index >= 15 is 0 Å². The van der Waals surface area contributed by atoms with Gasteiger partial charge in [0.25, 0.3) is 0 Å². The number of hydrogen-bond acceptors (Lipinski definition) is 5. The lowest BCUT2D eigenvalue weighted by molar-refractivity contribution is 0.287. The molecule has 1 aliphatic rings. The molecule has 0 radical (unpaired) electrons. The summed E-state index contributed by atoms with van der Waals surface area (Å²) in [6, 6.07) is 8.84. The zero-order valence-corrected chi connectivity index (χ0v) is 16.3. The Morgan fingerprint density at radius 1 is 1.31 bits per heavy atom. The van der Waals surface area contributed by atoms with Gasteiger partial charge in [-0.15, -0.1) is 0 Å². The third-order valence-electron chi connectivity index (χ3n) is 5.04. The van der Waals surface area contributed by atoms with Crippen LogP contribution in [-0.4, -0.2) is 21.1 Å². The van der Waals surface area contributed by atoms with E-state index in [-0.39, 0.29) is 5.69 Å². The SMILES string of the molecule is Cc1cc(F)c(N)cc1Nc1ncc(Cl)c(-c2cn3c4c(cccc24)OCC3)n1. The van der Waals surface area contributed by atoms with Crippen molar-refractivity contribution in [2.75, 3.05) is 17.7 Å². The maximum absolute atomic E-state index is 13.6. The first kappa shape index (κ1) is 17.8. The number of halogens is 2. The van der Waals surface area contributed by atoms with Crippen LogP contribution in [0.5, 0.6) is 5.75 Å². The van der Waals surface area contributed by atoms with Crippen LogP contribution in [0.3, 0.4) is 0 Å². The minimum Gasteiger partial charge on any atom is -0.490 e. The van der Waals surface area contributed by atoms with Crippen LogP contribution in [0.2, 0.25) is 5.02 Å². The molecule has 0 bridgehead atoms. The van der Waals surface area contributed by atoms with E-state index in [4.69, 9.17) is 22.1 Å². The molecule has 1 aliphatic heterocycles. The first-order valence-corrected chi connectivity index (χ1v) is 9.49. The van der Waals surface area contributed by atoms with Crippen molar-refractivity contribution in [3.8, 4) is 17.0 Å². The van der Waals surface area contributed by atoms with Crippen molar-refractivity contribution >= 4 is 39.8 Å². The molecule has 3 heterocycles. The highest BCUT2D eigenvalue weighted by Crippen LogP contribution is 2.39. The molecule has 5 rings (SSSR count). The summed E-state index contributed by atoms with van der Waals surface area (Å²) in [5, 5.41) is 4.56. The van der Waals surface area contributed by atoms with Gasteiger partial charge in [-0.3, -0.25) is 0 Å². The van der Waals surface area contributed by atoms with E-state index in [0.29, 0.717) is 34.5 Å². The molecule has 0 amide bonds. The second-order valence-electron chi connectivity index (χ2n) is 6.94. The fraction of sp³-hybridized carbons (Fsp3) is 0.143. The summed E-state index contributed by atoms with van der Waals surface area (Å²) >= 11 is 6.46. The minimum atomic E-state index is -0.456. The van der Waals surface area contributed by atoms with Gasteiger partial charge in [-0.1, -0.05) is 23.7 Å². The zero-order chi connectivity index (χ0) is 20.1. The summed E-state index contributed by atoms with van der Waals surface area (Å²) < 4.78 is 21.6. The van der Waals surface area contributed by atoms with Gasteiger partial charge in [-0.2, -0.15) is 0 Å². The van der Waals surface area contributed by atoms with Gasteiger partial charge in [0.05, 0.1) is 34.7 Å². The largest absolute Gasteiger partial charge is 0.490 e. The van der Waals surface area contributed by atoms with Gasteiger partial charge in [-0.25, -0.2) is 14.4 Å². The highest BCUT2D eigenvalue weighted by molar-refractivity contribution is 6.33. The number of aromatic nitrogens is 3. The molecule has 146 valence electrons. The van der Waals surface area contributed by atoms with Crippen LogP contribution in [-0.2, 0) is 6.54 Å². The molecule has 0 aliphatic carbocycles. The Morgan fingerprint density at radius 2 is 2.17 bits per heavy atom. The zero-order valence-electron chi connectivity index (χ0n) is 15.5. The van der Waals surface area contributed by atoms with Gasteiger partial charge >= 0.3 is 0 Å². The summed E-state index contributed by atoms with van der Waals surface area (Å²) in [5.74, 6) is 0.741. The van der Waals surface area contributed by atoms with Crippen LogP contribution in [0.15, 0.2) is 42.7 Å². The van der Waals surface area contributed by atoms with E-state index in [2.05, 4.69) is 19.9 Å². The first-order chi connectivity index (χ1) is 14.0. The highest BCUT2D eigenvalue weighted by Gasteiger charge is 2.20. The number of ether oxygens (including phenoxy) is 1. The van der Waals surface area contributed by atoms with Crippen LogP contribution in [0.4, 0.5) is 21.7 Å². The van der Waals surface area contributed by atoms with Crippen LogP contribution in [0.1, 0.15) is 5.56 Å². The van der Waals surface area contributed by atoms with Gasteiger partial charge in [0.2, 0.25) is 5.95 Å². The number of nitrogens with zero attached hydrogens (tertiary/aromatic N) is 3. The Morgan fingerprint density at radius 3 is 3.03 bits per heavy atom. The van der Waals surface area contributed by atoms with E-state index in [1.807, 2.05) is 24.4 Å². The van der Waals surface area contributed by atoms with Gasteiger partial charge in [-0.05, 0) is 30.7 Å². The summed E-state index contributed by atoms with van der Waals surface area (Å²) in [4.78, 5) is 8.91. The lowest BCUT2D eigenvalue weighted by Gasteiger charge is -2.16. The predicted octanol–water partition coefficient (Wildman–Crippen LogP) is 4.92. The smallest absolute Gasteiger partial charge is 0.227 e. The fourth-order valence-electron chi connectivity index (χ4n) is 3.62. The van der Waals surface area contributed by atoms with Crippen LogP contribution < -0.4 is 15.8 Å². The Balaban J connectivity index is 1.61. The summed E-state index contributed by atoms with van der Waals surface area (Å²) in [7, 11) is 0. The average molecular weight is 410 g/mol.